The van der Waals surface area contributed by atoms with Crippen molar-refractivity contribution in [3.63, 3.8) is 0 Å². The molecule has 0 aromatic rings. The highest BCUT2D eigenvalue weighted by Gasteiger charge is 2.14. The van der Waals surface area contributed by atoms with Crippen LogP contribution >= 0.6 is 0 Å². The molecule has 0 fully saturated rings. The van der Waals surface area contributed by atoms with Gasteiger partial charge in [0, 0.05) is 0 Å². The number of carbonyl (C=O) groups excluding carboxylic acids is 2. The Kier molecular flexibility index (Phi) is 3.39. The van der Waals surface area contributed by atoms with Gasteiger partial charge in [-0.2, -0.15) is 0 Å². The summed E-state index contributed by atoms with van der Waals surface area (Å²) < 4.78 is 4.42. The van der Waals surface area contributed by atoms with Crippen molar-refractivity contribution in [2.75, 3.05) is 6.61 Å². The maximum Gasteiger partial charge on any atom is 0.379 e. The van der Waals surface area contributed by atoms with Crippen LogP contribution in [-0.2, 0) is 14.3 Å². The van der Waals surface area contributed by atoms with E-state index in [9.17, 15) is 9.59 Å². The minimum atomic E-state index is -0.824. The van der Waals surface area contributed by atoms with Crippen LogP contribution < -0.4 is 0 Å². The van der Waals surface area contributed by atoms with Crippen LogP contribution in [0.3, 0.4) is 0 Å². The van der Waals surface area contributed by atoms with Crippen LogP contribution in [0, 0.1) is 0 Å². The first-order valence-corrected chi connectivity index (χ1v) is 2.96. The van der Waals surface area contributed by atoms with Gasteiger partial charge in [-0.25, -0.2) is 4.79 Å². The zero-order chi connectivity index (χ0) is 8.15. The van der Waals surface area contributed by atoms with Gasteiger partial charge in [0.05, 0.1) is 6.61 Å². The average Bonchev–Trinajstić information content (AvgIpc) is 1.87. The van der Waals surface area contributed by atoms with E-state index in [1.165, 1.54) is 6.92 Å². The van der Waals surface area contributed by atoms with Gasteiger partial charge in [0.2, 0.25) is 0 Å². The van der Waals surface area contributed by atoms with Gasteiger partial charge < -0.3 is 4.74 Å². The van der Waals surface area contributed by atoms with E-state index in [-0.39, 0.29) is 12.2 Å². The van der Waals surface area contributed by atoms with Crippen molar-refractivity contribution < 1.29 is 14.3 Å². The summed E-state index contributed by atoms with van der Waals surface area (Å²) in [7, 11) is 0. The Morgan fingerprint density at radius 2 is 2.00 bits per heavy atom. The molecule has 0 aliphatic carbocycles. The molecule has 0 spiro atoms. The van der Waals surface area contributed by atoms with E-state index in [4.69, 9.17) is 0 Å². The van der Waals surface area contributed by atoms with Crippen LogP contribution in [0.1, 0.15) is 13.8 Å². The lowest BCUT2D eigenvalue weighted by Gasteiger charge is -1.97. The molecular weight excluding hydrogens is 132 g/mol. The Labute approximate surface area is 59.7 Å². The third-order valence-corrected chi connectivity index (χ3v) is 0.848. The van der Waals surface area contributed by atoms with Crippen molar-refractivity contribution in [3.8, 4) is 0 Å². The average molecular weight is 142 g/mol. The predicted octanol–water partition coefficient (Wildman–Crippen LogP) is 0.695. The number of ether oxygens (including phenoxy) is 1. The van der Waals surface area contributed by atoms with Gasteiger partial charge in [-0.05, 0) is 19.4 Å². The zero-order valence-electron chi connectivity index (χ0n) is 6.14. The second kappa shape index (κ2) is 3.82. The molecule has 0 unspecified atom stereocenters. The van der Waals surface area contributed by atoms with Gasteiger partial charge in [-0.15, -0.1) is 0 Å². The number of carbonyl (C=O) groups is 2. The molecule has 0 N–H and O–H groups in total. The maximum atomic E-state index is 10.7. The lowest BCUT2D eigenvalue weighted by atomic mass is 10.2. The summed E-state index contributed by atoms with van der Waals surface area (Å²) in [6.45, 7) is 6.64. The van der Waals surface area contributed by atoms with Gasteiger partial charge in [-0.1, -0.05) is 6.58 Å². The standard InChI is InChI=1S/C7H10O3/c1-4-10-7(9)6(8)5(2)3/h2,4H2,1,3H3. The molecule has 0 atom stereocenters. The normalized spacial score (nSPS) is 8.60. The van der Waals surface area contributed by atoms with Crippen LogP contribution in [0.25, 0.3) is 0 Å². The summed E-state index contributed by atoms with van der Waals surface area (Å²) in [5, 5.41) is 0. The molecule has 0 saturated carbocycles. The van der Waals surface area contributed by atoms with Gasteiger partial charge in [-0.3, -0.25) is 4.79 Å². The summed E-state index contributed by atoms with van der Waals surface area (Å²) in [5.74, 6) is -1.48. The third kappa shape index (κ3) is 2.44. The van der Waals surface area contributed by atoms with Crippen molar-refractivity contribution in [1.82, 2.24) is 0 Å². The number of esters is 1. The van der Waals surface area contributed by atoms with Gasteiger partial charge in [0.15, 0.2) is 0 Å². The number of hydrogen-bond donors (Lipinski definition) is 0. The summed E-state index contributed by atoms with van der Waals surface area (Å²) in [5.41, 5.74) is 0.207. The van der Waals surface area contributed by atoms with E-state index in [0.717, 1.165) is 0 Å². The van der Waals surface area contributed by atoms with Gasteiger partial charge >= 0.3 is 5.97 Å². The molecule has 0 bridgehead atoms. The molecule has 0 saturated heterocycles. The number of ketones is 1. The van der Waals surface area contributed by atoms with Crippen molar-refractivity contribution in [2.24, 2.45) is 0 Å². The number of hydrogen-bond acceptors (Lipinski definition) is 3. The third-order valence-electron chi connectivity index (χ3n) is 0.848. The summed E-state index contributed by atoms with van der Waals surface area (Å²) in [6, 6.07) is 0. The van der Waals surface area contributed by atoms with Crippen molar-refractivity contribution in [1.29, 1.82) is 0 Å². The molecule has 0 radical (unpaired) electrons. The fourth-order valence-electron chi connectivity index (χ4n) is 0.371. The Balaban J connectivity index is 3.96. The molecule has 0 aliphatic heterocycles. The van der Waals surface area contributed by atoms with Gasteiger partial charge in [0.1, 0.15) is 0 Å². The topological polar surface area (TPSA) is 43.4 Å². The first-order valence-electron chi connectivity index (χ1n) is 2.96. The molecule has 0 aromatic carbocycles. The summed E-state index contributed by atoms with van der Waals surface area (Å²) >= 11 is 0. The fourth-order valence-corrected chi connectivity index (χ4v) is 0.371. The highest BCUT2D eigenvalue weighted by Crippen LogP contribution is 1.91. The highest BCUT2D eigenvalue weighted by molar-refractivity contribution is 6.40. The quantitative estimate of drug-likeness (QED) is 0.331. The first kappa shape index (κ1) is 8.88. The number of rotatable bonds is 3. The molecule has 3 nitrogen and oxygen atoms in total. The monoisotopic (exact) mass is 142 g/mol. The SMILES string of the molecule is C=C(C)C(=O)C(=O)OCC. The minimum absolute atomic E-state index is 0.207. The smallest absolute Gasteiger partial charge is 0.379 e. The first-order chi connectivity index (χ1) is 4.59. The molecule has 0 heterocycles. The molecule has 56 valence electrons. The van der Waals surface area contributed by atoms with E-state index < -0.39 is 11.8 Å². The Morgan fingerprint density at radius 3 is 2.30 bits per heavy atom. The van der Waals surface area contributed by atoms with Crippen molar-refractivity contribution in [2.45, 2.75) is 13.8 Å². The summed E-state index contributed by atoms with van der Waals surface area (Å²) in [6.07, 6.45) is 0. The lowest BCUT2D eigenvalue weighted by molar-refractivity contribution is -0.151. The molecule has 0 aromatic heterocycles. The van der Waals surface area contributed by atoms with Crippen LogP contribution in [0.5, 0.6) is 0 Å². The fraction of sp³-hybridized carbons (Fsp3) is 0.429. The van der Waals surface area contributed by atoms with Crippen LogP contribution in [0.15, 0.2) is 12.2 Å². The molecular formula is C7H10O3. The minimum Gasteiger partial charge on any atom is -0.460 e. The largest absolute Gasteiger partial charge is 0.460 e. The maximum absolute atomic E-state index is 10.7. The van der Waals surface area contributed by atoms with Gasteiger partial charge in [0.25, 0.3) is 5.78 Å². The van der Waals surface area contributed by atoms with Crippen LogP contribution in [-0.4, -0.2) is 18.4 Å². The highest BCUT2D eigenvalue weighted by atomic mass is 16.5. The number of Topliss-reactive ketones (excluding diaryl/α,β-unsaturated/α-hetero) is 1. The molecule has 0 aliphatic rings. The Hall–Kier alpha value is -1.12. The zero-order valence-corrected chi connectivity index (χ0v) is 6.14. The molecule has 10 heavy (non-hydrogen) atoms. The lowest BCUT2D eigenvalue weighted by Crippen LogP contribution is -2.17. The van der Waals surface area contributed by atoms with Crippen LogP contribution in [0.4, 0.5) is 0 Å². The van der Waals surface area contributed by atoms with Crippen molar-refractivity contribution >= 4 is 11.8 Å². The van der Waals surface area contributed by atoms with E-state index in [1.807, 2.05) is 0 Å². The van der Waals surface area contributed by atoms with Crippen LogP contribution in [0.2, 0.25) is 0 Å². The van der Waals surface area contributed by atoms with E-state index in [2.05, 4.69) is 11.3 Å². The Bertz CT molecular complexity index is 170. The van der Waals surface area contributed by atoms with E-state index in [1.54, 1.807) is 6.92 Å². The molecule has 0 rings (SSSR count). The predicted molar refractivity (Wildman–Crippen MR) is 36.5 cm³/mol. The van der Waals surface area contributed by atoms with Crippen molar-refractivity contribution in [3.05, 3.63) is 12.2 Å². The Morgan fingerprint density at radius 1 is 1.50 bits per heavy atom. The summed E-state index contributed by atoms with van der Waals surface area (Å²) in [4.78, 5) is 21.2. The second-order valence-corrected chi connectivity index (χ2v) is 1.83. The second-order valence-electron chi connectivity index (χ2n) is 1.83. The molecule has 3 heteroatoms. The van der Waals surface area contributed by atoms with E-state index >= 15 is 0 Å². The molecule has 0 amide bonds. The van der Waals surface area contributed by atoms with E-state index in [0.29, 0.717) is 0 Å².